The molecule has 0 aliphatic carbocycles. The first-order chi connectivity index (χ1) is 13.0. The minimum atomic E-state index is -0.249. The zero-order chi connectivity index (χ0) is 19.2. The molecule has 144 valence electrons. The van der Waals surface area contributed by atoms with E-state index < -0.39 is 0 Å². The van der Waals surface area contributed by atoms with Crippen molar-refractivity contribution in [3.63, 3.8) is 0 Å². The van der Waals surface area contributed by atoms with Gasteiger partial charge in [0.05, 0.1) is 6.04 Å². The molecule has 0 unspecified atom stereocenters. The summed E-state index contributed by atoms with van der Waals surface area (Å²) in [6.45, 7) is 6.24. The van der Waals surface area contributed by atoms with Gasteiger partial charge in [-0.2, -0.15) is 0 Å². The van der Waals surface area contributed by atoms with E-state index in [9.17, 15) is 9.18 Å². The van der Waals surface area contributed by atoms with Crippen LogP contribution in [0.2, 0.25) is 0 Å². The van der Waals surface area contributed by atoms with Crippen LogP contribution in [-0.2, 0) is 0 Å². The van der Waals surface area contributed by atoms with Crippen molar-refractivity contribution in [3.8, 4) is 0 Å². The van der Waals surface area contributed by atoms with Crippen LogP contribution >= 0.6 is 0 Å². The maximum atomic E-state index is 13.3. The number of rotatable bonds is 5. The van der Waals surface area contributed by atoms with Crippen LogP contribution in [0.3, 0.4) is 0 Å². The highest BCUT2D eigenvalue weighted by Crippen LogP contribution is 2.22. The third-order valence-electron chi connectivity index (χ3n) is 4.97. The number of nitrogens with one attached hydrogen (secondary N) is 2. The molecule has 0 bridgehead atoms. The SMILES string of the molecule is Cc1cccc(NC(=O)NC[C@H](c2ccc(F)cc2)N2CCN(C)CC2)c1. The molecule has 0 saturated carbocycles. The van der Waals surface area contributed by atoms with Crippen LogP contribution in [0, 0.1) is 12.7 Å². The summed E-state index contributed by atoms with van der Waals surface area (Å²) in [6, 6.07) is 14.0. The van der Waals surface area contributed by atoms with Gasteiger partial charge in [-0.1, -0.05) is 24.3 Å². The largest absolute Gasteiger partial charge is 0.336 e. The Bertz CT molecular complexity index is 757. The fraction of sp³-hybridized carbons (Fsp3) is 0.381. The lowest BCUT2D eigenvalue weighted by molar-refractivity contribution is 0.111. The minimum Gasteiger partial charge on any atom is -0.336 e. The van der Waals surface area contributed by atoms with Crippen molar-refractivity contribution in [2.75, 3.05) is 45.1 Å². The van der Waals surface area contributed by atoms with Gasteiger partial charge in [-0.3, -0.25) is 4.90 Å². The second kappa shape index (κ2) is 8.97. The van der Waals surface area contributed by atoms with Crippen LogP contribution in [0.15, 0.2) is 48.5 Å². The number of carbonyl (C=O) groups excluding carboxylic acids is 1. The lowest BCUT2D eigenvalue weighted by Gasteiger charge is -2.38. The molecule has 2 aromatic rings. The quantitative estimate of drug-likeness (QED) is 0.849. The normalized spacial score (nSPS) is 16.7. The van der Waals surface area contributed by atoms with Gasteiger partial charge in [0.1, 0.15) is 5.82 Å². The Kier molecular flexibility index (Phi) is 6.42. The molecule has 2 aromatic carbocycles. The van der Waals surface area contributed by atoms with Crippen molar-refractivity contribution in [2.45, 2.75) is 13.0 Å². The van der Waals surface area contributed by atoms with Gasteiger partial charge in [0, 0.05) is 38.4 Å². The highest BCUT2D eigenvalue weighted by molar-refractivity contribution is 5.89. The predicted octanol–water partition coefficient (Wildman–Crippen LogP) is 3.24. The van der Waals surface area contributed by atoms with E-state index in [1.54, 1.807) is 12.1 Å². The highest BCUT2D eigenvalue weighted by atomic mass is 19.1. The smallest absolute Gasteiger partial charge is 0.319 e. The van der Waals surface area contributed by atoms with Crippen LogP contribution in [0.4, 0.5) is 14.9 Å². The van der Waals surface area contributed by atoms with Crippen molar-refractivity contribution < 1.29 is 9.18 Å². The lowest BCUT2D eigenvalue weighted by atomic mass is 10.0. The average Bonchev–Trinajstić information content (AvgIpc) is 2.64. The van der Waals surface area contributed by atoms with Gasteiger partial charge in [0.15, 0.2) is 0 Å². The first kappa shape index (κ1) is 19.3. The van der Waals surface area contributed by atoms with E-state index in [2.05, 4.69) is 27.5 Å². The topological polar surface area (TPSA) is 47.6 Å². The van der Waals surface area contributed by atoms with E-state index in [4.69, 9.17) is 0 Å². The standard InChI is InChI=1S/C21H27FN4O/c1-16-4-3-5-19(14-16)24-21(27)23-15-20(17-6-8-18(22)9-7-17)26-12-10-25(2)11-13-26/h3-9,14,20H,10-13,15H2,1-2H3,(H2,23,24,27)/t20-/m1/s1. The second-order valence-corrected chi connectivity index (χ2v) is 7.11. The molecule has 2 amide bonds. The number of hydrogen-bond acceptors (Lipinski definition) is 3. The molecule has 3 rings (SSSR count). The predicted molar refractivity (Wildman–Crippen MR) is 106 cm³/mol. The number of piperazine rings is 1. The number of anilines is 1. The molecule has 1 saturated heterocycles. The molecule has 1 aliphatic rings. The lowest BCUT2D eigenvalue weighted by Crippen LogP contribution is -2.48. The van der Waals surface area contributed by atoms with Gasteiger partial charge in [-0.15, -0.1) is 0 Å². The number of hydrogen-bond donors (Lipinski definition) is 2. The summed E-state index contributed by atoms with van der Waals surface area (Å²) in [5, 5.41) is 5.85. The zero-order valence-electron chi connectivity index (χ0n) is 15.9. The Balaban J connectivity index is 1.65. The monoisotopic (exact) mass is 370 g/mol. The summed E-state index contributed by atoms with van der Waals surface area (Å²) in [4.78, 5) is 17.0. The molecule has 27 heavy (non-hydrogen) atoms. The van der Waals surface area contributed by atoms with Gasteiger partial charge in [-0.05, 0) is 49.4 Å². The molecule has 0 aromatic heterocycles. The van der Waals surface area contributed by atoms with Crippen molar-refractivity contribution >= 4 is 11.7 Å². The van der Waals surface area contributed by atoms with E-state index in [1.165, 1.54) is 12.1 Å². The number of likely N-dealkylation sites (N-methyl/N-ethyl adjacent to an activating group) is 1. The van der Waals surface area contributed by atoms with Gasteiger partial charge in [-0.25, -0.2) is 9.18 Å². The molecule has 1 heterocycles. The van der Waals surface area contributed by atoms with Gasteiger partial charge >= 0.3 is 6.03 Å². The summed E-state index contributed by atoms with van der Waals surface area (Å²) >= 11 is 0. The van der Waals surface area contributed by atoms with Gasteiger partial charge in [0.2, 0.25) is 0 Å². The second-order valence-electron chi connectivity index (χ2n) is 7.11. The summed E-state index contributed by atoms with van der Waals surface area (Å²) in [5.41, 5.74) is 2.87. The summed E-state index contributed by atoms with van der Waals surface area (Å²) in [6.07, 6.45) is 0. The van der Waals surface area contributed by atoms with Crippen LogP contribution < -0.4 is 10.6 Å². The Labute approximate surface area is 160 Å². The third-order valence-corrected chi connectivity index (χ3v) is 4.97. The van der Waals surface area contributed by atoms with Crippen LogP contribution in [0.1, 0.15) is 17.2 Å². The fourth-order valence-electron chi connectivity index (χ4n) is 3.36. The van der Waals surface area contributed by atoms with E-state index in [0.29, 0.717) is 6.54 Å². The Morgan fingerprint density at radius 3 is 2.48 bits per heavy atom. The number of carbonyl (C=O) groups is 1. The number of benzene rings is 2. The van der Waals surface area contributed by atoms with Crippen LogP contribution in [0.25, 0.3) is 0 Å². The first-order valence-electron chi connectivity index (χ1n) is 9.31. The molecule has 5 nitrogen and oxygen atoms in total. The number of urea groups is 1. The van der Waals surface area contributed by atoms with E-state index in [-0.39, 0.29) is 17.9 Å². The van der Waals surface area contributed by atoms with E-state index in [0.717, 1.165) is 43.0 Å². The summed E-state index contributed by atoms with van der Waals surface area (Å²) < 4.78 is 13.3. The maximum Gasteiger partial charge on any atom is 0.319 e. The molecule has 1 fully saturated rings. The Morgan fingerprint density at radius 2 is 1.81 bits per heavy atom. The van der Waals surface area contributed by atoms with E-state index >= 15 is 0 Å². The molecule has 2 N–H and O–H groups in total. The molecule has 1 atom stereocenters. The van der Waals surface area contributed by atoms with Crippen LogP contribution in [-0.4, -0.2) is 55.6 Å². The van der Waals surface area contributed by atoms with Gasteiger partial charge in [0.25, 0.3) is 0 Å². The number of aryl methyl sites for hydroxylation is 1. The van der Waals surface area contributed by atoms with Crippen LogP contribution in [0.5, 0.6) is 0 Å². The molecule has 0 radical (unpaired) electrons. The van der Waals surface area contributed by atoms with Crippen molar-refractivity contribution in [1.82, 2.24) is 15.1 Å². The number of amides is 2. The maximum absolute atomic E-state index is 13.3. The van der Waals surface area contributed by atoms with Crippen molar-refractivity contribution in [2.24, 2.45) is 0 Å². The van der Waals surface area contributed by atoms with Crippen molar-refractivity contribution in [1.29, 1.82) is 0 Å². The average molecular weight is 370 g/mol. The molecular weight excluding hydrogens is 343 g/mol. The number of halogens is 1. The summed E-state index contributed by atoms with van der Waals surface area (Å²) in [5.74, 6) is -0.249. The van der Waals surface area contributed by atoms with Gasteiger partial charge < -0.3 is 15.5 Å². The molecule has 0 spiro atoms. The fourth-order valence-corrected chi connectivity index (χ4v) is 3.36. The molecule has 6 heteroatoms. The third kappa shape index (κ3) is 5.52. The van der Waals surface area contributed by atoms with Crippen molar-refractivity contribution in [3.05, 3.63) is 65.5 Å². The minimum absolute atomic E-state index is 0.0163. The molecule has 1 aliphatic heterocycles. The molecular formula is C21H27FN4O. The van der Waals surface area contributed by atoms with E-state index in [1.807, 2.05) is 31.2 Å². The zero-order valence-corrected chi connectivity index (χ0v) is 15.9. The first-order valence-corrected chi connectivity index (χ1v) is 9.31. The Hall–Kier alpha value is -2.44. The Morgan fingerprint density at radius 1 is 1.11 bits per heavy atom. The number of nitrogens with zero attached hydrogens (tertiary/aromatic N) is 2. The summed E-state index contributed by atoms with van der Waals surface area (Å²) in [7, 11) is 2.11. The highest BCUT2D eigenvalue weighted by Gasteiger charge is 2.24.